The second kappa shape index (κ2) is 15.9. The van der Waals surface area contributed by atoms with Crippen LogP contribution in [-0.2, 0) is 15.7 Å². The first-order valence-corrected chi connectivity index (χ1v) is 22.5. The fourth-order valence-corrected chi connectivity index (χ4v) is 10.2. The molecule has 65 heavy (non-hydrogen) atoms. The molecule has 0 spiro atoms. The lowest BCUT2D eigenvalue weighted by atomic mass is 9.95. The van der Waals surface area contributed by atoms with Gasteiger partial charge in [0.05, 0.1) is 38.9 Å². The van der Waals surface area contributed by atoms with Crippen molar-refractivity contribution in [1.29, 1.82) is 0 Å². The minimum Gasteiger partial charge on any atom is -0.455 e. The summed E-state index contributed by atoms with van der Waals surface area (Å²) in [5, 5.41) is 7.86. The maximum atomic E-state index is 14.0. The number of carbonyl (C=O) groups is 2. The first-order chi connectivity index (χ1) is 31.3. The summed E-state index contributed by atoms with van der Waals surface area (Å²) in [6, 6.07) is 34.6. The van der Waals surface area contributed by atoms with Crippen molar-refractivity contribution in [2.75, 3.05) is 10.6 Å². The average molecular weight is 882 g/mol. The van der Waals surface area contributed by atoms with E-state index in [1.54, 1.807) is 32.0 Å². The molecule has 12 heteroatoms. The third-order valence-corrected chi connectivity index (χ3v) is 13.5. The molecule has 4 unspecified atom stereocenters. The monoisotopic (exact) mass is 881 g/mol. The van der Waals surface area contributed by atoms with Crippen molar-refractivity contribution < 1.29 is 27.4 Å². The van der Waals surface area contributed by atoms with E-state index in [2.05, 4.69) is 15.4 Å². The number of nitrogens with one attached hydrogen (secondary N) is 3. The zero-order valence-electron chi connectivity index (χ0n) is 36.4. The Morgan fingerprint density at radius 3 is 1.69 bits per heavy atom. The molecule has 324 valence electrons. The lowest BCUT2D eigenvalue weighted by Gasteiger charge is -2.20. The molecular formula is C53H43N3O8S. The molecule has 10 rings (SSSR count). The minimum absolute atomic E-state index is 0.0924. The van der Waals surface area contributed by atoms with Crippen LogP contribution in [0.15, 0.2) is 139 Å². The zero-order chi connectivity index (χ0) is 45.4. The molecule has 0 radical (unpaired) electrons. The van der Waals surface area contributed by atoms with Crippen LogP contribution in [0.5, 0.6) is 0 Å². The number of cyclic esters (lactones) is 1. The first-order valence-electron chi connectivity index (χ1n) is 21.3. The molecule has 0 fully saturated rings. The Morgan fingerprint density at radius 1 is 0.600 bits per heavy atom. The van der Waals surface area contributed by atoms with Crippen LogP contribution in [0.2, 0.25) is 0 Å². The Kier molecular flexibility index (Phi) is 10.1. The normalized spacial score (nSPS) is 16.2. The number of hydrogen-bond acceptors (Lipinski definition) is 10. The van der Waals surface area contributed by atoms with Crippen molar-refractivity contribution in [2.45, 2.75) is 64.6 Å². The number of carbonyl (C=O) groups excluding carboxylic acids is 2. The van der Waals surface area contributed by atoms with Gasteiger partial charge in [-0.15, -0.1) is 0 Å². The standard InChI is InChI=1S/C53H43N3O8S/c1-26-22-36(50-38(24-26)45(57)28(3)47(62-50)32-12-8-7-9-13-32)30(5)54-40-15-10-14-35-43(40)53(60)64-49(35)34-20-18-33(19-21-34)48-29(4)46(58)39-25-27(2)23-37(51(39)63-48)31(6)55-41-16-11-17-42-44(41)52(59)56-65(42)61/h7-25,30-31,49,54-55H,1-6H3,(H,56,59). The van der Waals surface area contributed by atoms with Gasteiger partial charge in [0, 0.05) is 50.3 Å². The highest BCUT2D eigenvalue weighted by Gasteiger charge is 2.35. The number of rotatable bonds is 9. The van der Waals surface area contributed by atoms with Crippen LogP contribution in [0, 0.1) is 27.7 Å². The van der Waals surface area contributed by atoms with Crippen molar-refractivity contribution in [3.8, 4) is 22.6 Å². The second-order valence-corrected chi connectivity index (χ2v) is 18.1. The van der Waals surface area contributed by atoms with Gasteiger partial charge in [-0.05, 0) is 88.6 Å². The molecular weight excluding hydrogens is 839 g/mol. The van der Waals surface area contributed by atoms with E-state index in [0.29, 0.717) is 88.7 Å². The predicted octanol–water partition coefficient (Wildman–Crippen LogP) is 10.8. The summed E-state index contributed by atoms with van der Waals surface area (Å²) in [6.45, 7) is 11.3. The van der Waals surface area contributed by atoms with Gasteiger partial charge in [0.25, 0.3) is 5.91 Å². The number of esters is 1. The summed E-state index contributed by atoms with van der Waals surface area (Å²) in [6.07, 6.45) is -0.692. The molecule has 3 N–H and O–H groups in total. The molecule has 2 aliphatic heterocycles. The van der Waals surface area contributed by atoms with Crippen molar-refractivity contribution in [3.05, 3.63) is 191 Å². The summed E-state index contributed by atoms with van der Waals surface area (Å²) < 4.78 is 34.2. The maximum absolute atomic E-state index is 14.0. The van der Waals surface area contributed by atoms with Crippen LogP contribution in [0.3, 0.4) is 0 Å². The molecule has 0 bridgehead atoms. The Labute approximate surface area is 376 Å². The third-order valence-electron chi connectivity index (χ3n) is 12.4. The van der Waals surface area contributed by atoms with Gasteiger partial charge in [-0.2, -0.15) is 0 Å². The van der Waals surface area contributed by atoms with Gasteiger partial charge >= 0.3 is 5.97 Å². The summed E-state index contributed by atoms with van der Waals surface area (Å²) in [4.78, 5) is 54.6. The highest BCUT2D eigenvalue weighted by Crippen LogP contribution is 2.42. The number of ether oxygens (including phenoxy) is 1. The first kappa shape index (κ1) is 41.4. The molecule has 0 saturated carbocycles. The van der Waals surface area contributed by atoms with E-state index in [9.17, 15) is 23.4 Å². The van der Waals surface area contributed by atoms with E-state index in [4.69, 9.17) is 13.6 Å². The SMILES string of the molecule is Cc1cc(C(C)Nc2cccc3c2C(=O)OC3c2ccc(-c3oc4c(C(C)Nc5cccc6c5C(=O)NS6=O)cc(C)cc4c(=O)c3C)cc2)c2oc(-c3ccccc3)c(C)c(=O)c2c1. The largest absolute Gasteiger partial charge is 0.455 e. The van der Waals surface area contributed by atoms with Crippen LogP contribution < -0.4 is 26.2 Å². The molecule has 11 nitrogen and oxygen atoms in total. The van der Waals surface area contributed by atoms with Gasteiger partial charge < -0.3 is 24.2 Å². The average Bonchev–Trinajstić information content (AvgIpc) is 3.80. The molecule has 4 atom stereocenters. The van der Waals surface area contributed by atoms with Gasteiger partial charge in [-0.3, -0.25) is 19.1 Å². The number of benzene rings is 6. The summed E-state index contributed by atoms with van der Waals surface area (Å²) in [5.74, 6) is 0.0266. The summed E-state index contributed by atoms with van der Waals surface area (Å²) in [7, 11) is -1.63. The molecule has 4 heterocycles. The number of anilines is 2. The van der Waals surface area contributed by atoms with E-state index >= 15 is 0 Å². The van der Waals surface area contributed by atoms with Gasteiger partial charge in [0.1, 0.15) is 22.7 Å². The Morgan fingerprint density at radius 2 is 1.12 bits per heavy atom. The Hall–Kier alpha value is -7.57. The summed E-state index contributed by atoms with van der Waals surface area (Å²) in [5.41, 5.74) is 9.63. The quantitative estimate of drug-likeness (QED) is 0.119. The van der Waals surface area contributed by atoms with Crippen LogP contribution in [-0.4, -0.2) is 16.1 Å². The molecule has 0 aliphatic carbocycles. The zero-order valence-corrected chi connectivity index (χ0v) is 37.2. The van der Waals surface area contributed by atoms with Crippen molar-refractivity contribution in [3.63, 3.8) is 0 Å². The highest BCUT2D eigenvalue weighted by atomic mass is 32.2. The second-order valence-electron chi connectivity index (χ2n) is 16.9. The van der Waals surface area contributed by atoms with Crippen LogP contribution in [0.25, 0.3) is 44.6 Å². The topological polar surface area (TPSA) is 157 Å². The highest BCUT2D eigenvalue weighted by molar-refractivity contribution is 7.84. The number of amides is 1. The van der Waals surface area contributed by atoms with Gasteiger partial charge in [0.2, 0.25) is 0 Å². The van der Waals surface area contributed by atoms with Crippen LogP contribution in [0.1, 0.15) is 97.3 Å². The molecule has 2 aliphatic rings. The van der Waals surface area contributed by atoms with E-state index in [1.807, 2.05) is 125 Å². The molecule has 2 aromatic heterocycles. The number of aryl methyl sites for hydroxylation is 2. The van der Waals surface area contributed by atoms with Gasteiger partial charge in [-0.25, -0.2) is 9.00 Å². The van der Waals surface area contributed by atoms with E-state index < -0.39 is 35.0 Å². The Bertz CT molecular complexity index is 3470. The summed E-state index contributed by atoms with van der Waals surface area (Å²) >= 11 is 0. The van der Waals surface area contributed by atoms with Gasteiger partial charge in [-0.1, -0.05) is 84.9 Å². The van der Waals surface area contributed by atoms with E-state index in [1.165, 1.54) is 0 Å². The fourth-order valence-electron chi connectivity index (χ4n) is 9.19. The lowest BCUT2D eigenvalue weighted by molar-refractivity contribution is 0.0456. The van der Waals surface area contributed by atoms with Crippen LogP contribution >= 0.6 is 0 Å². The number of hydrogen-bond donors (Lipinski definition) is 3. The van der Waals surface area contributed by atoms with Gasteiger partial charge in [0.15, 0.2) is 27.9 Å². The lowest BCUT2D eigenvalue weighted by Crippen LogP contribution is -2.17. The van der Waals surface area contributed by atoms with Crippen molar-refractivity contribution in [2.24, 2.45) is 0 Å². The fraction of sp³-hybridized carbons (Fsp3) is 0.170. The van der Waals surface area contributed by atoms with Crippen molar-refractivity contribution in [1.82, 2.24) is 4.72 Å². The van der Waals surface area contributed by atoms with Crippen molar-refractivity contribution >= 4 is 56.2 Å². The Balaban J connectivity index is 0.956. The molecule has 8 aromatic rings. The van der Waals surface area contributed by atoms with Crippen LogP contribution in [0.4, 0.5) is 11.4 Å². The molecule has 6 aromatic carbocycles. The minimum atomic E-state index is -1.63. The number of fused-ring (bicyclic) bond motifs is 4. The molecule has 0 saturated heterocycles. The van der Waals surface area contributed by atoms with E-state index in [0.717, 1.165) is 27.8 Å². The third kappa shape index (κ3) is 7.01. The maximum Gasteiger partial charge on any atom is 0.341 e. The molecule has 1 amide bonds. The predicted molar refractivity (Wildman–Crippen MR) is 253 cm³/mol. The smallest absolute Gasteiger partial charge is 0.341 e. The van der Waals surface area contributed by atoms with E-state index in [-0.39, 0.29) is 16.9 Å².